The molecule has 1 saturated heterocycles. The maximum Gasteiger partial charge on any atom is -1.00 e. The van der Waals surface area contributed by atoms with Crippen LogP contribution in [0.15, 0.2) is 96.1 Å². The van der Waals surface area contributed by atoms with Crippen LogP contribution in [0.3, 0.4) is 0 Å². The van der Waals surface area contributed by atoms with Crippen molar-refractivity contribution >= 4 is 12.2 Å². The number of allylic oxidation sites excluding steroid dienone is 2. The van der Waals surface area contributed by atoms with Crippen LogP contribution in [0.4, 0.5) is 0 Å². The van der Waals surface area contributed by atoms with Crippen molar-refractivity contribution in [1.29, 1.82) is 0 Å². The first kappa shape index (κ1) is 36.6. The number of halogens is 2. The van der Waals surface area contributed by atoms with Crippen molar-refractivity contribution in [1.82, 2.24) is 0 Å². The zero-order chi connectivity index (χ0) is 32.4. The topological polar surface area (TPSA) is 0 Å². The van der Waals surface area contributed by atoms with Gasteiger partial charge >= 0.3 is 290 Å². The third kappa shape index (κ3) is 5.83. The van der Waals surface area contributed by atoms with Gasteiger partial charge in [-0.2, -0.15) is 0 Å². The van der Waals surface area contributed by atoms with Gasteiger partial charge in [-0.1, -0.05) is 0 Å². The van der Waals surface area contributed by atoms with Crippen molar-refractivity contribution < 1.29 is 44.8 Å². The second-order valence-electron chi connectivity index (χ2n) is 15.7. The second-order valence-corrected chi connectivity index (χ2v) is 32.3. The van der Waals surface area contributed by atoms with Crippen LogP contribution < -0.4 is 24.8 Å². The van der Waals surface area contributed by atoms with E-state index in [1.54, 1.807) is 33.4 Å². The number of rotatable bonds is 8. The number of fused-ring (bicyclic) bond motifs is 3. The van der Waals surface area contributed by atoms with Gasteiger partial charge in [-0.25, -0.2) is 0 Å². The molecular weight excluding hydrogens is 802 g/mol. The predicted octanol–water partition coefficient (Wildman–Crippen LogP) is 7.36. The van der Waals surface area contributed by atoms with Gasteiger partial charge in [-0.05, 0) is 0 Å². The molecule has 49 heavy (non-hydrogen) atoms. The van der Waals surface area contributed by atoms with Crippen molar-refractivity contribution in [3.8, 4) is 22.3 Å². The van der Waals surface area contributed by atoms with E-state index in [1.807, 2.05) is 0 Å². The van der Waals surface area contributed by atoms with Gasteiger partial charge in [0, 0.05) is 0 Å². The van der Waals surface area contributed by atoms with Crippen LogP contribution in [0.25, 0.3) is 34.4 Å². The molecule has 0 nitrogen and oxygen atoms in total. The summed E-state index contributed by atoms with van der Waals surface area (Å²) in [5.74, 6) is 1.14. The number of aryl methyl sites for hydroxylation is 2. The number of hydrogen-bond acceptors (Lipinski definition) is 0. The van der Waals surface area contributed by atoms with Crippen molar-refractivity contribution in [3.63, 3.8) is 0 Å². The molecule has 0 radical (unpaired) electrons. The Kier molecular flexibility index (Phi) is 10.8. The van der Waals surface area contributed by atoms with Crippen molar-refractivity contribution in [2.75, 3.05) is 0 Å². The Bertz CT molecular complexity index is 1740. The fourth-order valence-corrected chi connectivity index (χ4v) is 46.9. The van der Waals surface area contributed by atoms with Gasteiger partial charge in [-0.15, -0.1) is 0 Å². The molecule has 0 amide bonds. The molecule has 1 aliphatic heterocycles. The molecule has 4 aromatic rings. The Labute approximate surface area is 313 Å². The van der Waals surface area contributed by atoms with Gasteiger partial charge in [-0.3, -0.25) is 0 Å². The fraction of sp³-hybridized carbons (Fsp3) is 0.391. The molecule has 4 atom stereocenters. The van der Waals surface area contributed by atoms with Gasteiger partial charge in [0.1, 0.15) is 0 Å². The Morgan fingerprint density at radius 1 is 0.551 bits per heavy atom. The Balaban J connectivity index is 0.00000208. The largest absolute Gasteiger partial charge is 1.00 e. The monoisotopic (exact) mass is 854 g/mol. The fourth-order valence-electron chi connectivity index (χ4n) is 10.6. The summed E-state index contributed by atoms with van der Waals surface area (Å²) >= 11 is -3.26. The molecule has 254 valence electrons. The molecule has 3 heteroatoms. The van der Waals surface area contributed by atoms with E-state index in [9.17, 15) is 0 Å². The van der Waals surface area contributed by atoms with Crippen LogP contribution in [0.5, 0.6) is 0 Å². The summed E-state index contributed by atoms with van der Waals surface area (Å²) in [4.78, 5) is 0. The van der Waals surface area contributed by atoms with Crippen LogP contribution in [-0.2, 0) is 32.8 Å². The van der Waals surface area contributed by atoms with E-state index in [2.05, 4.69) is 139 Å². The SMILES string of the molecule is CCc1ccc(-c2cccc3c2C=C(C(C)C)[CH]3[Hf+2]2([CH]3C(C(C)C)=Cc4c(-c5ccc(CC)cc5)cccc43)[CH]3CCCC[CH]32)cc1.[Cl-].[Cl-]. The molecule has 0 spiro atoms. The average molecular weight is 854 g/mol. The Morgan fingerprint density at radius 3 is 1.29 bits per heavy atom. The first-order valence-corrected chi connectivity index (χ1v) is 27.0. The number of hydrogen-bond donors (Lipinski definition) is 0. The molecule has 0 N–H and O–H groups in total. The predicted molar refractivity (Wildman–Crippen MR) is 200 cm³/mol. The summed E-state index contributed by atoms with van der Waals surface area (Å²) in [5, 5.41) is 0. The van der Waals surface area contributed by atoms with E-state index in [4.69, 9.17) is 0 Å². The summed E-state index contributed by atoms with van der Waals surface area (Å²) in [7, 11) is 0. The quantitative estimate of drug-likeness (QED) is 0.163. The van der Waals surface area contributed by atoms with Crippen LogP contribution in [0.2, 0.25) is 7.35 Å². The minimum absolute atomic E-state index is 0. The van der Waals surface area contributed by atoms with E-state index in [0.717, 1.165) is 20.2 Å². The van der Waals surface area contributed by atoms with E-state index in [1.165, 1.54) is 59.1 Å². The zero-order valence-electron chi connectivity index (χ0n) is 30.2. The Hall–Kier alpha value is -2.19. The zero-order valence-corrected chi connectivity index (χ0v) is 35.3. The normalized spacial score (nSPS) is 23.4. The molecule has 4 aliphatic rings. The molecule has 4 unspecified atom stereocenters. The third-order valence-corrected chi connectivity index (χ3v) is 37.4. The molecule has 2 fully saturated rings. The summed E-state index contributed by atoms with van der Waals surface area (Å²) in [5.41, 5.74) is 18.5. The van der Waals surface area contributed by atoms with Gasteiger partial charge in [0.15, 0.2) is 0 Å². The van der Waals surface area contributed by atoms with Crippen molar-refractivity contribution in [2.45, 2.75) is 94.8 Å². The average Bonchev–Trinajstić information content (AvgIpc) is 3.37. The number of benzene rings is 4. The molecule has 0 bridgehead atoms. The van der Waals surface area contributed by atoms with E-state index in [0.29, 0.717) is 19.2 Å². The first-order valence-electron chi connectivity index (χ1n) is 18.8. The minimum Gasteiger partial charge on any atom is -1.00 e. The van der Waals surface area contributed by atoms with Gasteiger partial charge < -0.3 is 24.8 Å². The van der Waals surface area contributed by atoms with Gasteiger partial charge in [0.25, 0.3) is 0 Å². The standard InChI is InChI=1S/2C20H21.C6H10.2ClH.Hf/c2*1-4-15-8-10-16(11-9-15)19-7-5-6-17-12-18(14(2)3)13-20(17)19;1-2-4-6-5-3-1;;;/h2*5-14H,4H2,1-3H3;1-2H,3-6H2;2*1H;/q;;;;;+2/p-2. The van der Waals surface area contributed by atoms with E-state index in [-0.39, 0.29) is 24.8 Å². The minimum atomic E-state index is -3.26. The smallest absolute Gasteiger partial charge is 1.00 e. The maximum absolute atomic E-state index is 3.26. The van der Waals surface area contributed by atoms with Crippen molar-refractivity contribution in [2.24, 2.45) is 11.8 Å². The molecule has 4 aromatic carbocycles. The van der Waals surface area contributed by atoms with E-state index >= 15 is 0 Å². The van der Waals surface area contributed by atoms with Crippen LogP contribution in [-0.4, -0.2) is 0 Å². The van der Waals surface area contributed by atoms with Crippen molar-refractivity contribution in [3.05, 3.63) is 129 Å². The Morgan fingerprint density at radius 2 is 0.939 bits per heavy atom. The second kappa shape index (κ2) is 14.4. The molecule has 8 rings (SSSR count). The van der Waals surface area contributed by atoms with Gasteiger partial charge in [0.2, 0.25) is 0 Å². The molecular formula is C46H52Cl2Hf. The molecule has 1 heterocycles. The molecule has 1 saturated carbocycles. The molecule has 3 aliphatic carbocycles. The van der Waals surface area contributed by atoms with E-state index < -0.39 is 20.0 Å². The van der Waals surface area contributed by atoms with Gasteiger partial charge in [0.05, 0.1) is 0 Å². The van der Waals surface area contributed by atoms with Crippen LogP contribution in [0, 0.1) is 11.8 Å². The summed E-state index contributed by atoms with van der Waals surface area (Å²) in [6, 6.07) is 33.6. The third-order valence-electron chi connectivity index (χ3n) is 12.8. The summed E-state index contributed by atoms with van der Waals surface area (Å²) < 4.78 is 3.39. The molecule has 0 aromatic heterocycles. The summed E-state index contributed by atoms with van der Waals surface area (Å²) in [6.07, 6.45) is 13.4. The maximum atomic E-state index is 2.71. The first-order chi connectivity index (χ1) is 22.9. The van der Waals surface area contributed by atoms with Crippen LogP contribution in [0.1, 0.15) is 108 Å². The summed E-state index contributed by atoms with van der Waals surface area (Å²) in [6.45, 7) is 14.5. The van der Waals surface area contributed by atoms with Crippen LogP contribution >= 0.6 is 0 Å².